The van der Waals surface area contributed by atoms with Crippen molar-refractivity contribution in [2.75, 3.05) is 37.7 Å². The topological polar surface area (TPSA) is 79.8 Å². The van der Waals surface area contributed by atoms with E-state index in [9.17, 15) is 13.2 Å². The predicted molar refractivity (Wildman–Crippen MR) is 128 cm³/mol. The molecule has 0 aliphatic carbocycles. The molecule has 32 heavy (non-hydrogen) atoms. The van der Waals surface area contributed by atoms with Gasteiger partial charge in [-0.15, -0.1) is 0 Å². The van der Waals surface area contributed by atoms with Crippen molar-refractivity contribution in [1.29, 1.82) is 0 Å². The highest BCUT2D eigenvalue weighted by Gasteiger charge is 2.26. The third kappa shape index (κ3) is 4.31. The van der Waals surface area contributed by atoms with E-state index in [0.29, 0.717) is 38.3 Å². The van der Waals surface area contributed by atoms with Crippen LogP contribution in [0.1, 0.15) is 31.1 Å². The number of hydrogen-bond acceptors (Lipinski definition) is 7. The molecule has 0 saturated carbocycles. The van der Waals surface area contributed by atoms with Crippen LogP contribution in [0.3, 0.4) is 0 Å². The number of amides is 1. The van der Waals surface area contributed by atoms with Crippen molar-refractivity contribution in [1.82, 2.24) is 9.88 Å². The summed E-state index contributed by atoms with van der Waals surface area (Å²) in [6, 6.07) is 12.3. The van der Waals surface area contributed by atoms with E-state index in [0.717, 1.165) is 21.1 Å². The number of sulfone groups is 1. The number of anilines is 1. The molecule has 1 amide bonds. The van der Waals surface area contributed by atoms with E-state index >= 15 is 0 Å². The summed E-state index contributed by atoms with van der Waals surface area (Å²) in [5.41, 5.74) is 1.28. The highest BCUT2D eigenvalue weighted by atomic mass is 32.2. The van der Waals surface area contributed by atoms with Crippen molar-refractivity contribution in [3.05, 3.63) is 48.0 Å². The number of aromatic nitrogens is 1. The molecule has 1 saturated heterocycles. The fourth-order valence-electron chi connectivity index (χ4n) is 3.68. The van der Waals surface area contributed by atoms with Crippen molar-refractivity contribution in [2.24, 2.45) is 0 Å². The average molecular weight is 474 g/mol. The molecule has 170 valence electrons. The summed E-state index contributed by atoms with van der Waals surface area (Å²) in [5.74, 6) is 0.644. The number of piperazine rings is 1. The Balaban J connectivity index is 1.47. The van der Waals surface area contributed by atoms with Crippen molar-refractivity contribution in [3.8, 4) is 5.75 Å². The Morgan fingerprint density at radius 3 is 2.53 bits per heavy atom. The van der Waals surface area contributed by atoms with Gasteiger partial charge in [0.2, 0.25) is 0 Å². The lowest BCUT2D eigenvalue weighted by atomic mass is 10.2. The first kappa shape index (κ1) is 22.5. The Labute approximate surface area is 192 Å². The molecule has 2 heterocycles. The van der Waals surface area contributed by atoms with Crippen LogP contribution in [-0.2, 0) is 9.84 Å². The number of ether oxygens (including phenoxy) is 1. The van der Waals surface area contributed by atoms with Crippen LogP contribution in [0.4, 0.5) is 5.13 Å². The minimum absolute atomic E-state index is 0.145. The zero-order valence-electron chi connectivity index (χ0n) is 18.4. The number of carbonyl (C=O) groups excluding carboxylic acids is 1. The average Bonchev–Trinajstić information content (AvgIpc) is 3.24. The maximum absolute atomic E-state index is 13.0. The maximum atomic E-state index is 13.0. The van der Waals surface area contributed by atoms with Crippen molar-refractivity contribution in [3.63, 3.8) is 0 Å². The summed E-state index contributed by atoms with van der Waals surface area (Å²) in [7, 11) is -3.43. The van der Waals surface area contributed by atoms with Crippen LogP contribution in [0.25, 0.3) is 10.2 Å². The third-order valence-electron chi connectivity index (χ3n) is 5.54. The molecule has 0 atom stereocenters. The Hall–Kier alpha value is -2.65. The first-order valence-electron chi connectivity index (χ1n) is 10.7. The highest BCUT2D eigenvalue weighted by Crippen LogP contribution is 2.34. The van der Waals surface area contributed by atoms with E-state index in [4.69, 9.17) is 9.72 Å². The summed E-state index contributed by atoms with van der Waals surface area (Å²) in [6.07, 6.45) is 0. The fourth-order valence-corrected chi connectivity index (χ4v) is 5.82. The van der Waals surface area contributed by atoms with Crippen LogP contribution in [0.2, 0.25) is 0 Å². The van der Waals surface area contributed by atoms with Gasteiger partial charge in [-0.3, -0.25) is 4.79 Å². The summed E-state index contributed by atoms with van der Waals surface area (Å²) >= 11 is 1.62. The van der Waals surface area contributed by atoms with Gasteiger partial charge in [-0.1, -0.05) is 23.5 Å². The Kier molecular flexibility index (Phi) is 6.39. The van der Waals surface area contributed by atoms with Crippen molar-refractivity contribution < 1.29 is 17.9 Å². The standard InChI is InChI=1S/C23H27N3O4S2/c1-4-30-19-9-6-10-20-21(19)24-23(31-20)26-13-11-25(12-14-26)22(27)17-7-5-8-18(15-17)32(28,29)16(2)3/h5-10,15-16H,4,11-14H2,1-3H3. The quantitative estimate of drug-likeness (QED) is 0.541. The molecule has 2 aromatic carbocycles. The van der Waals surface area contributed by atoms with Gasteiger partial charge in [-0.2, -0.15) is 0 Å². The van der Waals surface area contributed by atoms with E-state index in [1.54, 1.807) is 48.3 Å². The second-order valence-corrected chi connectivity index (χ2v) is 11.4. The van der Waals surface area contributed by atoms with Crippen LogP contribution in [0, 0.1) is 0 Å². The van der Waals surface area contributed by atoms with Crippen LogP contribution in [0.15, 0.2) is 47.4 Å². The minimum Gasteiger partial charge on any atom is -0.492 e. The number of thiazole rings is 1. The zero-order valence-corrected chi connectivity index (χ0v) is 20.1. The first-order valence-corrected chi connectivity index (χ1v) is 13.1. The van der Waals surface area contributed by atoms with E-state index in [1.165, 1.54) is 6.07 Å². The number of benzene rings is 2. The van der Waals surface area contributed by atoms with Gasteiger partial charge in [-0.25, -0.2) is 13.4 Å². The van der Waals surface area contributed by atoms with Gasteiger partial charge in [0.1, 0.15) is 11.3 Å². The summed E-state index contributed by atoms with van der Waals surface area (Å²) in [4.78, 5) is 22.0. The Morgan fingerprint density at radius 1 is 1.12 bits per heavy atom. The number of nitrogens with zero attached hydrogens (tertiary/aromatic N) is 3. The fraction of sp³-hybridized carbons (Fsp3) is 0.391. The molecule has 7 nitrogen and oxygen atoms in total. The van der Waals surface area contributed by atoms with Gasteiger partial charge >= 0.3 is 0 Å². The first-order chi connectivity index (χ1) is 15.3. The lowest BCUT2D eigenvalue weighted by Crippen LogP contribution is -2.48. The van der Waals surface area contributed by atoms with Crippen molar-refractivity contribution >= 4 is 42.4 Å². The summed E-state index contributed by atoms with van der Waals surface area (Å²) in [5, 5.41) is 0.387. The van der Waals surface area contributed by atoms with Crippen LogP contribution >= 0.6 is 11.3 Å². The molecular formula is C23H27N3O4S2. The SMILES string of the molecule is CCOc1cccc2sc(N3CCN(C(=O)c4cccc(S(=O)(=O)C(C)C)c4)CC3)nc12. The van der Waals surface area contributed by atoms with Crippen molar-refractivity contribution in [2.45, 2.75) is 30.9 Å². The molecule has 1 aliphatic rings. The molecule has 0 unspecified atom stereocenters. The Bertz CT molecular complexity index is 1230. The van der Waals surface area contributed by atoms with E-state index in [2.05, 4.69) is 4.90 Å². The molecule has 0 spiro atoms. The lowest BCUT2D eigenvalue weighted by molar-refractivity contribution is 0.0746. The maximum Gasteiger partial charge on any atom is 0.254 e. The third-order valence-corrected chi connectivity index (χ3v) is 8.77. The largest absolute Gasteiger partial charge is 0.492 e. The lowest BCUT2D eigenvalue weighted by Gasteiger charge is -2.34. The van der Waals surface area contributed by atoms with Gasteiger partial charge in [0.05, 0.1) is 21.5 Å². The molecule has 0 radical (unpaired) electrons. The number of para-hydroxylation sites is 1. The van der Waals surface area contributed by atoms with E-state index in [1.807, 2.05) is 25.1 Å². The highest BCUT2D eigenvalue weighted by molar-refractivity contribution is 7.92. The molecule has 0 bridgehead atoms. The van der Waals surface area contributed by atoms with Gasteiger partial charge < -0.3 is 14.5 Å². The predicted octanol–water partition coefficient (Wildman–Crippen LogP) is 3.84. The molecule has 3 aromatic rings. The van der Waals surface area contributed by atoms with Gasteiger partial charge in [0.15, 0.2) is 15.0 Å². The monoisotopic (exact) mass is 473 g/mol. The van der Waals surface area contributed by atoms with Crippen LogP contribution < -0.4 is 9.64 Å². The second kappa shape index (κ2) is 9.07. The Morgan fingerprint density at radius 2 is 1.84 bits per heavy atom. The van der Waals surface area contributed by atoms with Gasteiger partial charge in [0, 0.05) is 31.7 Å². The molecule has 4 rings (SSSR count). The summed E-state index contributed by atoms with van der Waals surface area (Å²) < 4.78 is 31.7. The zero-order chi connectivity index (χ0) is 22.9. The molecule has 9 heteroatoms. The molecule has 1 aliphatic heterocycles. The number of fused-ring (bicyclic) bond motifs is 1. The number of carbonyl (C=O) groups is 1. The van der Waals surface area contributed by atoms with Gasteiger partial charge in [-0.05, 0) is 51.1 Å². The number of hydrogen-bond donors (Lipinski definition) is 0. The second-order valence-electron chi connectivity index (χ2n) is 7.93. The molecule has 1 aromatic heterocycles. The van der Waals surface area contributed by atoms with E-state index in [-0.39, 0.29) is 10.8 Å². The van der Waals surface area contributed by atoms with E-state index < -0.39 is 15.1 Å². The van der Waals surface area contributed by atoms with Crippen LogP contribution in [-0.4, -0.2) is 62.2 Å². The van der Waals surface area contributed by atoms with Gasteiger partial charge in [0.25, 0.3) is 5.91 Å². The minimum atomic E-state index is -3.43. The molecule has 0 N–H and O–H groups in total. The summed E-state index contributed by atoms with van der Waals surface area (Å²) in [6.45, 7) is 8.26. The number of rotatable bonds is 6. The molecule has 1 fully saturated rings. The smallest absolute Gasteiger partial charge is 0.254 e. The molecular weight excluding hydrogens is 446 g/mol. The normalized spacial score (nSPS) is 14.9. The van der Waals surface area contributed by atoms with Crippen LogP contribution in [0.5, 0.6) is 5.75 Å².